The lowest BCUT2D eigenvalue weighted by Crippen LogP contribution is -2.53. The van der Waals surface area contributed by atoms with Gasteiger partial charge in [-0.25, -0.2) is 9.78 Å². The quantitative estimate of drug-likeness (QED) is 0.920. The minimum atomic E-state index is 0.0764. The fourth-order valence-corrected chi connectivity index (χ4v) is 2.93. The lowest BCUT2D eigenvalue weighted by molar-refractivity contribution is 0.189. The van der Waals surface area contributed by atoms with Gasteiger partial charge in [-0.15, -0.1) is 11.3 Å². The Labute approximate surface area is 118 Å². The second-order valence-corrected chi connectivity index (χ2v) is 5.62. The zero-order chi connectivity index (χ0) is 13.7. The fraction of sp³-hybridized carbons (Fsp3) is 0.692. The maximum absolute atomic E-state index is 12.1. The molecule has 0 bridgehead atoms. The van der Waals surface area contributed by atoms with Gasteiger partial charge in [-0.2, -0.15) is 0 Å². The monoisotopic (exact) mass is 282 g/mol. The fourth-order valence-electron chi connectivity index (χ4n) is 2.23. The highest BCUT2D eigenvalue weighted by atomic mass is 32.1. The van der Waals surface area contributed by atoms with Gasteiger partial charge in [-0.3, -0.25) is 0 Å². The van der Waals surface area contributed by atoms with E-state index in [2.05, 4.69) is 29.0 Å². The van der Waals surface area contributed by atoms with E-state index in [1.165, 1.54) is 0 Å². The second-order valence-electron chi connectivity index (χ2n) is 4.75. The summed E-state index contributed by atoms with van der Waals surface area (Å²) in [6, 6.07) is 0.372. The standard InChI is InChI=1S/C13H22N4OS/c1-3-11(4-2)15-12(18)16-6-8-17(9-7-16)13-14-5-10-19-13/h5,10-11H,3-4,6-9H2,1-2H3,(H,15,18). The van der Waals surface area contributed by atoms with E-state index in [1.807, 2.05) is 16.5 Å². The van der Waals surface area contributed by atoms with Crippen molar-refractivity contribution in [2.45, 2.75) is 32.7 Å². The molecule has 0 unspecified atom stereocenters. The number of aromatic nitrogens is 1. The molecule has 2 heterocycles. The van der Waals surface area contributed by atoms with Gasteiger partial charge >= 0.3 is 6.03 Å². The molecule has 19 heavy (non-hydrogen) atoms. The summed E-state index contributed by atoms with van der Waals surface area (Å²) in [4.78, 5) is 20.6. The molecule has 5 nitrogen and oxygen atoms in total. The summed E-state index contributed by atoms with van der Waals surface area (Å²) >= 11 is 1.65. The van der Waals surface area contributed by atoms with Gasteiger partial charge in [0.15, 0.2) is 5.13 Å². The first-order valence-electron chi connectivity index (χ1n) is 6.94. The van der Waals surface area contributed by atoms with E-state index in [-0.39, 0.29) is 6.03 Å². The largest absolute Gasteiger partial charge is 0.345 e. The van der Waals surface area contributed by atoms with Crippen molar-refractivity contribution in [3.63, 3.8) is 0 Å². The van der Waals surface area contributed by atoms with Crippen molar-refractivity contribution in [2.24, 2.45) is 0 Å². The molecule has 1 N–H and O–H groups in total. The van der Waals surface area contributed by atoms with Gasteiger partial charge in [0.05, 0.1) is 0 Å². The van der Waals surface area contributed by atoms with Crippen LogP contribution in [-0.4, -0.2) is 48.1 Å². The molecule has 2 amide bonds. The first-order valence-corrected chi connectivity index (χ1v) is 7.82. The van der Waals surface area contributed by atoms with Crippen LogP contribution in [0.25, 0.3) is 0 Å². The average molecular weight is 282 g/mol. The predicted octanol–water partition coefficient (Wildman–Crippen LogP) is 2.16. The highest BCUT2D eigenvalue weighted by Crippen LogP contribution is 2.18. The molecule has 1 aromatic rings. The molecule has 0 aliphatic carbocycles. The van der Waals surface area contributed by atoms with Crippen LogP contribution in [0.1, 0.15) is 26.7 Å². The van der Waals surface area contributed by atoms with E-state index in [0.29, 0.717) is 6.04 Å². The number of hydrogen-bond acceptors (Lipinski definition) is 4. The summed E-state index contributed by atoms with van der Waals surface area (Å²) in [5.41, 5.74) is 0. The van der Waals surface area contributed by atoms with Crippen LogP contribution in [0, 0.1) is 0 Å². The van der Waals surface area contributed by atoms with Crippen molar-refractivity contribution in [2.75, 3.05) is 31.1 Å². The van der Waals surface area contributed by atoms with E-state index in [9.17, 15) is 4.79 Å². The molecular weight excluding hydrogens is 260 g/mol. The maximum Gasteiger partial charge on any atom is 0.317 e. The molecule has 1 aliphatic heterocycles. The third-order valence-electron chi connectivity index (χ3n) is 3.57. The number of anilines is 1. The van der Waals surface area contributed by atoms with Crippen LogP contribution in [0.15, 0.2) is 11.6 Å². The molecular formula is C13H22N4OS. The molecule has 6 heteroatoms. The summed E-state index contributed by atoms with van der Waals surface area (Å²) in [7, 11) is 0. The lowest BCUT2D eigenvalue weighted by atomic mass is 10.2. The first-order chi connectivity index (χ1) is 9.24. The topological polar surface area (TPSA) is 48.5 Å². The van der Waals surface area contributed by atoms with Crippen molar-refractivity contribution in [3.8, 4) is 0 Å². The third kappa shape index (κ3) is 3.59. The zero-order valence-electron chi connectivity index (χ0n) is 11.6. The number of nitrogens with one attached hydrogen (secondary N) is 1. The van der Waals surface area contributed by atoms with E-state index in [4.69, 9.17) is 0 Å². The highest BCUT2D eigenvalue weighted by Gasteiger charge is 2.23. The second kappa shape index (κ2) is 6.75. The van der Waals surface area contributed by atoms with Crippen molar-refractivity contribution in [1.29, 1.82) is 0 Å². The van der Waals surface area contributed by atoms with Crippen LogP contribution in [0.3, 0.4) is 0 Å². The van der Waals surface area contributed by atoms with Gasteiger partial charge in [-0.05, 0) is 12.8 Å². The number of urea groups is 1. The van der Waals surface area contributed by atoms with Crippen LogP contribution < -0.4 is 10.2 Å². The first kappa shape index (κ1) is 14.1. The molecule has 0 radical (unpaired) electrons. The number of nitrogens with zero attached hydrogens (tertiary/aromatic N) is 3. The number of piperazine rings is 1. The van der Waals surface area contributed by atoms with Crippen molar-refractivity contribution in [1.82, 2.24) is 15.2 Å². The predicted molar refractivity (Wildman–Crippen MR) is 78.8 cm³/mol. The van der Waals surface area contributed by atoms with Gasteiger partial charge in [-0.1, -0.05) is 13.8 Å². The molecule has 0 saturated carbocycles. The summed E-state index contributed by atoms with van der Waals surface area (Å²) in [6.45, 7) is 7.48. The average Bonchev–Trinajstić information content (AvgIpc) is 2.99. The van der Waals surface area contributed by atoms with Crippen LogP contribution in [0.5, 0.6) is 0 Å². The van der Waals surface area contributed by atoms with E-state index < -0.39 is 0 Å². The minimum absolute atomic E-state index is 0.0764. The SMILES string of the molecule is CCC(CC)NC(=O)N1CCN(c2nccs2)CC1. The summed E-state index contributed by atoms with van der Waals surface area (Å²) < 4.78 is 0. The molecule has 2 rings (SSSR count). The number of carbonyl (C=O) groups excluding carboxylic acids is 1. The summed E-state index contributed by atoms with van der Waals surface area (Å²) in [5, 5.41) is 6.13. The Morgan fingerprint density at radius 2 is 2.05 bits per heavy atom. The van der Waals surface area contributed by atoms with Gasteiger partial charge in [0.25, 0.3) is 0 Å². The number of amides is 2. The molecule has 1 fully saturated rings. The lowest BCUT2D eigenvalue weighted by Gasteiger charge is -2.35. The number of hydrogen-bond donors (Lipinski definition) is 1. The summed E-state index contributed by atoms with van der Waals surface area (Å²) in [5.74, 6) is 0. The van der Waals surface area contributed by atoms with E-state index in [0.717, 1.165) is 44.2 Å². The molecule has 1 aliphatic rings. The van der Waals surface area contributed by atoms with Crippen molar-refractivity contribution >= 4 is 22.5 Å². The Hall–Kier alpha value is -1.30. The normalized spacial score (nSPS) is 15.9. The van der Waals surface area contributed by atoms with Crippen LogP contribution in [0.2, 0.25) is 0 Å². The number of rotatable bonds is 4. The molecule has 0 atom stereocenters. The van der Waals surface area contributed by atoms with E-state index in [1.54, 1.807) is 11.3 Å². The highest BCUT2D eigenvalue weighted by molar-refractivity contribution is 7.13. The van der Waals surface area contributed by atoms with Gasteiger partial charge < -0.3 is 15.1 Å². The minimum Gasteiger partial charge on any atom is -0.345 e. The number of thiazole rings is 1. The van der Waals surface area contributed by atoms with E-state index >= 15 is 0 Å². The molecule has 0 spiro atoms. The van der Waals surface area contributed by atoms with Crippen LogP contribution >= 0.6 is 11.3 Å². The van der Waals surface area contributed by atoms with Crippen LogP contribution in [0.4, 0.5) is 9.93 Å². The molecule has 0 aromatic carbocycles. The smallest absolute Gasteiger partial charge is 0.317 e. The zero-order valence-corrected chi connectivity index (χ0v) is 12.4. The van der Waals surface area contributed by atoms with Gasteiger partial charge in [0.1, 0.15) is 0 Å². The van der Waals surface area contributed by atoms with Crippen LogP contribution in [-0.2, 0) is 0 Å². The molecule has 1 aromatic heterocycles. The maximum atomic E-state index is 12.1. The Morgan fingerprint density at radius 1 is 1.37 bits per heavy atom. The Morgan fingerprint density at radius 3 is 2.58 bits per heavy atom. The Kier molecular flexibility index (Phi) is 5.01. The molecule has 1 saturated heterocycles. The van der Waals surface area contributed by atoms with Crippen molar-refractivity contribution < 1.29 is 4.79 Å². The number of carbonyl (C=O) groups is 1. The van der Waals surface area contributed by atoms with Crippen molar-refractivity contribution in [3.05, 3.63) is 11.6 Å². The molecule has 106 valence electrons. The van der Waals surface area contributed by atoms with Gasteiger partial charge in [0.2, 0.25) is 0 Å². The summed E-state index contributed by atoms with van der Waals surface area (Å²) in [6.07, 6.45) is 3.80. The Balaban J connectivity index is 1.81. The Bertz CT molecular complexity index is 383. The van der Waals surface area contributed by atoms with Gasteiger partial charge in [0, 0.05) is 43.8 Å². The third-order valence-corrected chi connectivity index (χ3v) is 4.40.